The van der Waals surface area contributed by atoms with Gasteiger partial charge in [-0.2, -0.15) is 0 Å². The summed E-state index contributed by atoms with van der Waals surface area (Å²) in [5.41, 5.74) is -0.135. The van der Waals surface area contributed by atoms with E-state index >= 15 is 0 Å². The molecule has 5 rings (SSSR count). The molecule has 2 heterocycles. The van der Waals surface area contributed by atoms with Crippen molar-refractivity contribution in [2.75, 3.05) is 6.54 Å². The molecule has 2 bridgehead atoms. The number of ketones is 1. The first-order valence-electron chi connectivity index (χ1n) is 13.5. The standard InChI is InChI=1S/C29H38N2O4/c1-3-18-16(2)14-22-20(18)10-11-21-19-6-4-8-26(33)30-13-5-7-24-28(34)27(29(35)31-24)25(32)12-9-17(19)15-23(21)22/h4,8-12,16-24,32H,3,5-7,13-15H2,1-2H3,(H,30,33)(H,31,35)/b8-4-,12-9+,27-25+/t16?,17-,18?,19+,20+,21-,22+,23+,24?/m1/s1. The van der Waals surface area contributed by atoms with Gasteiger partial charge in [-0.05, 0) is 91.6 Å². The van der Waals surface area contributed by atoms with Crippen LogP contribution in [0, 0.1) is 47.3 Å². The average Bonchev–Trinajstić information content (AvgIpc) is 3.44. The van der Waals surface area contributed by atoms with E-state index in [-0.39, 0.29) is 28.9 Å². The Morgan fingerprint density at radius 2 is 1.77 bits per heavy atom. The summed E-state index contributed by atoms with van der Waals surface area (Å²) in [4.78, 5) is 37.6. The summed E-state index contributed by atoms with van der Waals surface area (Å²) in [5.74, 6) is 3.16. The Morgan fingerprint density at radius 1 is 1.00 bits per heavy atom. The third-order valence-corrected chi connectivity index (χ3v) is 9.52. The predicted octanol–water partition coefficient (Wildman–Crippen LogP) is 4.02. The van der Waals surface area contributed by atoms with Crippen LogP contribution in [0.4, 0.5) is 0 Å². The number of Topliss-reactive ketones (excluding diaryl/α,β-unsaturated/α-hetero) is 1. The van der Waals surface area contributed by atoms with Gasteiger partial charge in [-0.3, -0.25) is 14.4 Å². The maximum atomic E-state index is 12.8. The van der Waals surface area contributed by atoms with Gasteiger partial charge in [0.2, 0.25) is 5.91 Å². The van der Waals surface area contributed by atoms with Gasteiger partial charge in [0.1, 0.15) is 11.3 Å². The fraction of sp³-hybridized carbons (Fsp3) is 0.621. The molecule has 3 aliphatic carbocycles. The monoisotopic (exact) mass is 478 g/mol. The van der Waals surface area contributed by atoms with Crippen molar-refractivity contribution in [3.63, 3.8) is 0 Å². The van der Waals surface area contributed by atoms with Crippen LogP contribution in [0.25, 0.3) is 0 Å². The number of nitrogens with one attached hydrogen (secondary N) is 2. The average molecular weight is 479 g/mol. The normalized spacial score (nSPS) is 45.3. The zero-order valence-corrected chi connectivity index (χ0v) is 20.8. The quantitative estimate of drug-likeness (QED) is 0.392. The molecule has 0 aromatic carbocycles. The number of hydrogen-bond acceptors (Lipinski definition) is 4. The number of carbonyl (C=O) groups excluding carboxylic acids is 3. The number of aliphatic hydroxyl groups is 1. The first-order valence-corrected chi connectivity index (χ1v) is 13.5. The summed E-state index contributed by atoms with van der Waals surface area (Å²) in [5, 5.41) is 16.3. The number of aliphatic hydroxyl groups excluding tert-OH is 1. The first kappa shape index (κ1) is 24.1. The molecule has 0 aromatic rings. The molecule has 0 radical (unpaired) electrons. The molecule has 2 amide bonds. The number of allylic oxidation sites excluding steroid dienone is 5. The van der Waals surface area contributed by atoms with Gasteiger partial charge >= 0.3 is 0 Å². The summed E-state index contributed by atoms with van der Waals surface area (Å²) in [6.07, 6.45) is 17.4. The fourth-order valence-electron chi connectivity index (χ4n) is 7.92. The molecule has 0 aromatic heterocycles. The molecule has 6 heteroatoms. The zero-order valence-electron chi connectivity index (χ0n) is 20.8. The predicted molar refractivity (Wildman–Crippen MR) is 134 cm³/mol. The topological polar surface area (TPSA) is 95.5 Å². The van der Waals surface area contributed by atoms with Crippen molar-refractivity contribution in [3.05, 3.63) is 47.8 Å². The van der Waals surface area contributed by atoms with Gasteiger partial charge in [-0.1, -0.05) is 44.6 Å². The molecule has 5 aliphatic rings. The molecule has 6 nitrogen and oxygen atoms in total. The van der Waals surface area contributed by atoms with Gasteiger partial charge in [0.15, 0.2) is 5.78 Å². The van der Waals surface area contributed by atoms with Crippen LogP contribution in [0.3, 0.4) is 0 Å². The van der Waals surface area contributed by atoms with E-state index < -0.39 is 11.9 Å². The first-order chi connectivity index (χ1) is 16.9. The lowest BCUT2D eigenvalue weighted by Gasteiger charge is -2.35. The molecule has 1 saturated heterocycles. The second kappa shape index (κ2) is 9.79. The Hall–Kier alpha value is -2.63. The van der Waals surface area contributed by atoms with E-state index in [4.69, 9.17) is 0 Å². The summed E-state index contributed by atoms with van der Waals surface area (Å²) >= 11 is 0. The highest BCUT2D eigenvalue weighted by molar-refractivity contribution is 6.27. The maximum absolute atomic E-state index is 12.8. The minimum atomic E-state index is -0.645. The van der Waals surface area contributed by atoms with Crippen molar-refractivity contribution in [1.29, 1.82) is 0 Å². The minimum Gasteiger partial charge on any atom is -0.507 e. The fourth-order valence-corrected chi connectivity index (χ4v) is 7.92. The number of carbonyl (C=O) groups is 3. The molecule has 0 spiro atoms. The molecule has 35 heavy (non-hydrogen) atoms. The molecule has 2 saturated carbocycles. The van der Waals surface area contributed by atoms with Gasteiger partial charge in [0, 0.05) is 6.54 Å². The van der Waals surface area contributed by atoms with E-state index in [0.29, 0.717) is 49.0 Å². The van der Waals surface area contributed by atoms with E-state index in [1.807, 2.05) is 12.2 Å². The van der Waals surface area contributed by atoms with Gasteiger partial charge < -0.3 is 15.7 Å². The van der Waals surface area contributed by atoms with Crippen LogP contribution in [-0.4, -0.2) is 35.3 Å². The van der Waals surface area contributed by atoms with Gasteiger partial charge in [0.25, 0.3) is 5.91 Å². The Bertz CT molecular complexity index is 1010. The highest BCUT2D eigenvalue weighted by atomic mass is 16.3. The summed E-state index contributed by atoms with van der Waals surface area (Å²) in [7, 11) is 0. The summed E-state index contributed by atoms with van der Waals surface area (Å²) in [6.45, 7) is 5.14. The Balaban J connectivity index is 1.46. The third kappa shape index (κ3) is 4.41. The van der Waals surface area contributed by atoms with Crippen LogP contribution in [-0.2, 0) is 14.4 Å². The van der Waals surface area contributed by atoms with Crippen LogP contribution in [0.15, 0.2) is 47.8 Å². The van der Waals surface area contributed by atoms with Crippen LogP contribution < -0.4 is 10.6 Å². The van der Waals surface area contributed by atoms with Gasteiger partial charge in [0.05, 0.1) is 6.04 Å². The van der Waals surface area contributed by atoms with Crippen molar-refractivity contribution in [1.82, 2.24) is 10.6 Å². The molecule has 3 unspecified atom stereocenters. The maximum Gasteiger partial charge on any atom is 0.259 e. The molecule has 9 atom stereocenters. The van der Waals surface area contributed by atoms with E-state index in [2.05, 4.69) is 36.6 Å². The van der Waals surface area contributed by atoms with Crippen LogP contribution in [0.2, 0.25) is 0 Å². The Labute approximate surface area is 208 Å². The van der Waals surface area contributed by atoms with E-state index in [1.165, 1.54) is 12.8 Å². The van der Waals surface area contributed by atoms with Crippen molar-refractivity contribution < 1.29 is 19.5 Å². The van der Waals surface area contributed by atoms with Crippen molar-refractivity contribution in [2.45, 2.75) is 58.4 Å². The third-order valence-electron chi connectivity index (χ3n) is 9.52. The Kier molecular flexibility index (Phi) is 6.73. The lowest BCUT2D eigenvalue weighted by Crippen LogP contribution is -2.31. The van der Waals surface area contributed by atoms with E-state index in [0.717, 1.165) is 24.7 Å². The second-order valence-corrected chi connectivity index (χ2v) is 11.3. The van der Waals surface area contributed by atoms with Gasteiger partial charge in [-0.15, -0.1) is 0 Å². The van der Waals surface area contributed by atoms with Crippen LogP contribution in [0.5, 0.6) is 0 Å². The van der Waals surface area contributed by atoms with Gasteiger partial charge in [-0.25, -0.2) is 0 Å². The number of hydrogen-bond donors (Lipinski definition) is 3. The molecule has 2 aliphatic heterocycles. The highest BCUT2D eigenvalue weighted by Gasteiger charge is 2.52. The highest BCUT2D eigenvalue weighted by Crippen LogP contribution is 2.59. The number of amides is 2. The molecular weight excluding hydrogens is 440 g/mol. The summed E-state index contributed by atoms with van der Waals surface area (Å²) < 4.78 is 0. The number of rotatable bonds is 1. The largest absolute Gasteiger partial charge is 0.507 e. The summed E-state index contributed by atoms with van der Waals surface area (Å²) in [6, 6.07) is -0.645. The smallest absolute Gasteiger partial charge is 0.259 e. The lowest BCUT2D eigenvalue weighted by atomic mass is 9.69. The van der Waals surface area contributed by atoms with Crippen LogP contribution in [0.1, 0.15) is 52.4 Å². The molecule has 3 N–H and O–H groups in total. The van der Waals surface area contributed by atoms with E-state index in [9.17, 15) is 19.5 Å². The molecule has 3 fully saturated rings. The lowest BCUT2D eigenvalue weighted by molar-refractivity contribution is -0.118. The molecule has 188 valence electrons. The van der Waals surface area contributed by atoms with Crippen molar-refractivity contribution in [3.8, 4) is 0 Å². The van der Waals surface area contributed by atoms with Crippen molar-refractivity contribution in [2.24, 2.45) is 47.3 Å². The second-order valence-electron chi connectivity index (χ2n) is 11.3. The number of fused-ring (bicyclic) bond motifs is 7. The van der Waals surface area contributed by atoms with Crippen LogP contribution >= 0.6 is 0 Å². The SMILES string of the molecule is CCC1C(C)C[C@@H]2[C@H]3C[C@H]4/C=C/C(O)=C5\C(=O)NC(CCCNC(=O)/C=C\C[C@@H]4[C@H]3C=C[C@@H]12)C5=O. The minimum absolute atomic E-state index is 0.117. The van der Waals surface area contributed by atoms with Crippen molar-refractivity contribution >= 4 is 17.6 Å². The molecular formula is C29H38N2O4. The van der Waals surface area contributed by atoms with E-state index in [1.54, 1.807) is 12.2 Å². The zero-order chi connectivity index (χ0) is 24.7. The Morgan fingerprint density at radius 3 is 2.57 bits per heavy atom.